The molecule has 3 rings (SSSR count). The molecule has 1 unspecified atom stereocenters. The Labute approximate surface area is 215 Å². The van der Waals surface area contributed by atoms with Crippen LogP contribution in [-0.2, 0) is 19.1 Å². The van der Waals surface area contributed by atoms with Crippen molar-refractivity contribution in [2.24, 2.45) is 0 Å². The number of likely N-dealkylation sites (tertiary alicyclic amines) is 1. The van der Waals surface area contributed by atoms with Crippen LogP contribution >= 0.6 is 23.4 Å². The van der Waals surface area contributed by atoms with E-state index in [1.807, 2.05) is 29.2 Å². The minimum Gasteiger partial charge on any atom is -0.468 e. The van der Waals surface area contributed by atoms with Crippen LogP contribution in [0.4, 0.5) is 0 Å². The highest BCUT2D eigenvalue weighted by Gasteiger charge is 2.36. The maximum absolute atomic E-state index is 12.9. The second kappa shape index (κ2) is 11.9. The van der Waals surface area contributed by atoms with E-state index in [9.17, 15) is 14.4 Å². The molecule has 1 saturated heterocycles. The number of esters is 2. The van der Waals surface area contributed by atoms with Gasteiger partial charge in [0, 0.05) is 35.0 Å². The number of halogens is 1. The molecule has 0 amide bonds. The van der Waals surface area contributed by atoms with Gasteiger partial charge in [-0.2, -0.15) is 0 Å². The van der Waals surface area contributed by atoms with Crippen molar-refractivity contribution in [1.82, 2.24) is 4.90 Å². The molecule has 186 valence electrons. The van der Waals surface area contributed by atoms with Gasteiger partial charge in [0.05, 0.1) is 7.11 Å². The summed E-state index contributed by atoms with van der Waals surface area (Å²) in [6.45, 7) is 6.19. The van der Waals surface area contributed by atoms with E-state index < -0.39 is 23.6 Å². The van der Waals surface area contributed by atoms with E-state index in [1.165, 1.54) is 24.9 Å². The number of hydrogen-bond donors (Lipinski definition) is 0. The first-order valence-corrected chi connectivity index (χ1v) is 12.6. The van der Waals surface area contributed by atoms with Crippen LogP contribution in [0.1, 0.15) is 49.2 Å². The fraction of sp³-hybridized carbons (Fsp3) is 0.370. The third-order valence-electron chi connectivity index (χ3n) is 5.44. The maximum atomic E-state index is 12.9. The molecule has 1 fully saturated rings. The van der Waals surface area contributed by atoms with Crippen molar-refractivity contribution >= 4 is 40.4 Å². The van der Waals surface area contributed by atoms with Gasteiger partial charge in [0.1, 0.15) is 11.6 Å². The zero-order valence-corrected chi connectivity index (χ0v) is 21.9. The van der Waals surface area contributed by atoms with Crippen molar-refractivity contribution in [2.45, 2.75) is 44.1 Å². The molecule has 35 heavy (non-hydrogen) atoms. The largest absolute Gasteiger partial charge is 0.468 e. The monoisotopic (exact) mass is 515 g/mol. The van der Waals surface area contributed by atoms with E-state index in [0.29, 0.717) is 34.7 Å². The Morgan fingerprint density at radius 3 is 2.37 bits per heavy atom. The van der Waals surface area contributed by atoms with Crippen LogP contribution in [0.3, 0.4) is 0 Å². The van der Waals surface area contributed by atoms with Crippen LogP contribution in [0.25, 0.3) is 0 Å². The Morgan fingerprint density at radius 2 is 1.74 bits per heavy atom. The van der Waals surface area contributed by atoms with Gasteiger partial charge >= 0.3 is 11.9 Å². The van der Waals surface area contributed by atoms with Crippen LogP contribution < -0.4 is 0 Å². The highest BCUT2D eigenvalue weighted by atomic mass is 35.5. The summed E-state index contributed by atoms with van der Waals surface area (Å²) >= 11 is 7.61. The van der Waals surface area contributed by atoms with E-state index in [-0.39, 0.29) is 16.9 Å². The number of rotatable bonds is 6. The molecule has 0 spiro atoms. The van der Waals surface area contributed by atoms with E-state index in [2.05, 4.69) is 0 Å². The van der Waals surface area contributed by atoms with E-state index in [4.69, 9.17) is 21.1 Å². The Kier molecular flexibility index (Phi) is 9.16. The number of piperidine rings is 1. The molecule has 1 aliphatic rings. The number of thioether (sulfide) groups is 1. The summed E-state index contributed by atoms with van der Waals surface area (Å²) in [4.78, 5) is 40.4. The maximum Gasteiger partial charge on any atom is 0.331 e. The van der Waals surface area contributed by atoms with Crippen molar-refractivity contribution in [3.63, 3.8) is 0 Å². The first-order valence-electron chi connectivity index (χ1n) is 11.3. The first kappa shape index (κ1) is 27.0. The third-order valence-corrected chi connectivity index (χ3v) is 7.05. The molecule has 0 aromatic heterocycles. The Bertz CT molecular complexity index is 1100. The second-order valence-corrected chi connectivity index (χ2v) is 10.8. The molecule has 6 nitrogen and oxygen atoms in total. The van der Waals surface area contributed by atoms with Crippen LogP contribution in [0.5, 0.6) is 0 Å². The van der Waals surface area contributed by atoms with Crippen molar-refractivity contribution < 1.29 is 23.9 Å². The molecule has 1 aliphatic heterocycles. The molecular formula is C27H30ClNO5S. The van der Waals surface area contributed by atoms with Crippen molar-refractivity contribution in [1.29, 1.82) is 0 Å². The van der Waals surface area contributed by atoms with Crippen LogP contribution in [0, 0.1) is 0 Å². The lowest BCUT2D eigenvalue weighted by molar-refractivity contribution is -0.148. The van der Waals surface area contributed by atoms with Crippen molar-refractivity contribution in [3.8, 4) is 0 Å². The predicted octanol–water partition coefficient (Wildman–Crippen LogP) is 5.47. The van der Waals surface area contributed by atoms with Gasteiger partial charge < -0.3 is 9.47 Å². The number of methoxy groups -OCH3 is 1. The molecule has 2 aromatic rings. The number of ether oxygens (including phenoxy) is 2. The SMILES string of the molecule is COC(=O)[C@H](c1ccccc1Cl)N1CCC(SC(=O)c2ccccc2)/C(=C\C(=O)OC(C)(C)C)C1. The van der Waals surface area contributed by atoms with Gasteiger partial charge in [0.25, 0.3) is 0 Å². The lowest BCUT2D eigenvalue weighted by atomic mass is 9.98. The number of carbonyl (C=O) groups excluding carboxylic acids is 3. The van der Waals surface area contributed by atoms with Gasteiger partial charge in [0.2, 0.25) is 5.12 Å². The summed E-state index contributed by atoms with van der Waals surface area (Å²) in [6.07, 6.45) is 2.00. The fourth-order valence-electron chi connectivity index (χ4n) is 3.91. The Hall–Kier alpha value is -2.61. The summed E-state index contributed by atoms with van der Waals surface area (Å²) in [5.41, 5.74) is 1.28. The Morgan fingerprint density at radius 1 is 1.09 bits per heavy atom. The lowest BCUT2D eigenvalue weighted by Crippen LogP contribution is -2.43. The third kappa shape index (κ3) is 7.43. The molecule has 2 atom stereocenters. The quantitative estimate of drug-likeness (QED) is 0.373. The minimum absolute atomic E-state index is 0.0743. The van der Waals surface area contributed by atoms with Crippen LogP contribution in [0.15, 0.2) is 66.2 Å². The molecule has 0 N–H and O–H groups in total. The molecule has 8 heteroatoms. The number of nitrogens with zero attached hydrogens (tertiary/aromatic N) is 1. The zero-order valence-electron chi connectivity index (χ0n) is 20.3. The fourth-order valence-corrected chi connectivity index (χ4v) is 5.20. The first-order chi connectivity index (χ1) is 16.6. The summed E-state index contributed by atoms with van der Waals surface area (Å²) < 4.78 is 10.6. The second-order valence-electron chi connectivity index (χ2n) is 9.22. The van der Waals surface area contributed by atoms with Gasteiger partial charge in [-0.3, -0.25) is 9.69 Å². The average molecular weight is 516 g/mol. The standard InChI is InChI=1S/C27H30ClNO5S/c1-27(2,3)34-23(30)16-19-17-29(24(25(31)33-4)20-12-8-9-13-21(20)28)15-14-22(19)35-26(32)18-10-6-5-7-11-18/h5-13,16,22,24H,14-15,17H2,1-4H3/b19-16-/t22?,24-/m0/s1. The summed E-state index contributed by atoms with van der Waals surface area (Å²) in [5, 5.41) is 0.141. The summed E-state index contributed by atoms with van der Waals surface area (Å²) in [5.74, 6) is -0.930. The topological polar surface area (TPSA) is 72.9 Å². The van der Waals surface area contributed by atoms with E-state index in [1.54, 1.807) is 51.1 Å². The number of hydrogen-bond acceptors (Lipinski definition) is 7. The highest BCUT2D eigenvalue weighted by molar-refractivity contribution is 8.14. The number of carbonyl (C=O) groups is 3. The van der Waals surface area contributed by atoms with Gasteiger partial charge in [0.15, 0.2) is 0 Å². The molecule has 2 aromatic carbocycles. The van der Waals surface area contributed by atoms with Gasteiger partial charge in [-0.1, -0.05) is 71.9 Å². The van der Waals surface area contributed by atoms with Gasteiger partial charge in [-0.25, -0.2) is 9.59 Å². The molecule has 0 radical (unpaired) electrons. The van der Waals surface area contributed by atoms with E-state index in [0.717, 1.165) is 0 Å². The van der Waals surface area contributed by atoms with Crippen molar-refractivity contribution in [3.05, 3.63) is 82.4 Å². The molecular weight excluding hydrogens is 486 g/mol. The molecule has 0 aliphatic carbocycles. The van der Waals surface area contributed by atoms with Crippen LogP contribution in [0.2, 0.25) is 5.02 Å². The van der Waals surface area contributed by atoms with Gasteiger partial charge in [-0.15, -0.1) is 0 Å². The van der Waals surface area contributed by atoms with E-state index >= 15 is 0 Å². The van der Waals surface area contributed by atoms with Crippen LogP contribution in [-0.4, -0.2) is 53.0 Å². The molecule has 0 bridgehead atoms. The molecule has 0 saturated carbocycles. The molecule has 1 heterocycles. The summed E-state index contributed by atoms with van der Waals surface area (Å²) in [6, 6.07) is 15.4. The normalized spacial score (nSPS) is 18.7. The predicted molar refractivity (Wildman–Crippen MR) is 138 cm³/mol. The van der Waals surface area contributed by atoms with Gasteiger partial charge in [-0.05, 0) is 44.4 Å². The highest BCUT2D eigenvalue weighted by Crippen LogP contribution is 2.36. The number of benzene rings is 2. The minimum atomic E-state index is -0.744. The average Bonchev–Trinajstić information content (AvgIpc) is 2.81. The lowest BCUT2D eigenvalue weighted by Gasteiger charge is -2.38. The summed E-state index contributed by atoms with van der Waals surface area (Å²) in [7, 11) is 1.34. The zero-order chi connectivity index (χ0) is 25.6. The Balaban J connectivity index is 1.91. The smallest absolute Gasteiger partial charge is 0.331 e. The van der Waals surface area contributed by atoms with Crippen molar-refractivity contribution in [2.75, 3.05) is 20.2 Å².